The third-order valence-corrected chi connectivity index (χ3v) is 8.78. The number of ether oxygens (including phenoxy) is 2. The van der Waals surface area contributed by atoms with Gasteiger partial charge in [0.15, 0.2) is 6.61 Å². The zero-order chi connectivity index (χ0) is 37.6. The highest BCUT2D eigenvalue weighted by Crippen LogP contribution is 2.16. The van der Waals surface area contributed by atoms with Crippen molar-refractivity contribution in [2.75, 3.05) is 40.4 Å². The molecule has 16 nitrogen and oxygen atoms in total. The maximum atomic E-state index is 13.9. The van der Waals surface area contributed by atoms with Gasteiger partial charge in [-0.05, 0) is 84.5 Å². The minimum absolute atomic E-state index is 0.0555. The lowest BCUT2D eigenvalue weighted by molar-refractivity contribution is -0.141. The van der Waals surface area contributed by atoms with E-state index >= 15 is 0 Å². The van der Waals surface area contributed by atoms with Gasteiger partial charge in [0.2, 0.25) is 23.6 Å². The van der Waals surface area contributed by atoms with Gasteiger partial charge in [0, 0.05) is 39.5 Å². The van der Waals surface area contributed by atoms with Crippen LogP contribution >= 0.6 is 0 Å². The summed E-state index contributed by atoms with van der Waals surface area (Å²) in [7, 11) is 3.08. The quantitative estimate of drug-likeness (QED) is 0.291. The monoisotopic (exact) mass is 719 g/mol. The van der Waals surface area contributed by atoms with E-state index in [0.717, 1.165) is 11.3 Å². The van der Waals surface area contributed by atoms with Crippen molar-refractivity contribution in [3.8, 4) is 17.2 Å². The number of benzene rings is 2. The second kappa shape index (κ2) is 19.2. The molecule has 0 bridgehead atoms. The number of hydrogen-bond donors (Lipinski definition) is 3. The number of tetrazole rings is 1. The predicted octanol–water partition coefficient (Wildman–Crippen LogP) is 1.28. The number of amides is 5. The molecule has 3 N–H and O–H groups in total. The number of methoxy groups -OCH3 is 1. The Bertz CT molecular complexity index is 1630. The topological polar surface area (TPSA) is 190 Å². The molecule has 0 unspecified atom stereocenters. The first kappa shape index (κ1) is 39.2. The van der Waals surface area contributed by atoms with Crippen LogP contribution in [0.15, 0.2) is 54.9 Å². The second-order valence-corrected chi connectivity index (χ2v) is 13.2. The van der Waals surface area contributed by atoms with Crippen molar-refractivity contribution in [3.63, 3.8) is 0 Å². The molecule has 1 fully saturated rings. The highest BCUT2D eigenvalue weighted by molar-refractivity contribution is 5.94. The van der Waals surface area contributed by atoms with Crippen LogP contribution in [0.4, 0.5) is 0 Å². The first-order chi connectivity index (χ1) is 24.9. The van der Waals surface area contributed by atoms with Crippen molar-refractivity contribution in [1.29, 1.82) is 0 Å². The normalized spacial score (nSPS) is 20.0. The minimum atomic E-state index is -1.00. The predicted molar refractivity (Wildman–Crippen MR) is 190 cm³/mol. The number of rotatable bonds is 9. The van der Waals surface area contributed by atoms with E-state index in [0.29, 0.717) is 37.3 Å². The number of likely N-dealkylation sites (N-methyl/N-ethyl adjacent to an activating group) is 1. The molecule has 5 amide bonds. The molecule has 1 saturated heterocycles. The van der Waals surface area contributed by atoms with Crippen LogP contribution in [0.3, 0.4) is 0 Å². The van der Waals surface area contributed by atoms with Crippen molar-refractivity contribution >= 4 is 29.5 Å². The lowest BCUT2D eigenvalue weighted by Crippen LogP contribution is -2.57. The molecule has 2 heterocycles. The number of carbonyl (C=O) groups is 5. The van der Waals surface area contributed by atoms with E-state index in [1.165, 1.54) is 23.0 Å². The van der Waals surface area contributed by atoms with Crippen LogP contribution in [-0.4, -0.2) is 118 Å². The maximum Gasteiger partial charge on any atom is 0.260 e. The zero-order valence-electron chi connectivity index (χ0n) is 30.4. The second-order valence-electron chi connectivity index (χ2n) is 13.2. The van der Waals surface area contributed by atoms with Crippen LogP contribution in [-0.2, 0) is 30.4 Å². The maximum absolute atomic E-state index is 13.9. The molecular weight excluding hydrogens is 670 g/mol. The van der Waals surface area contributed by atoms with Crippen LogP contribution in [0, 0.1) is 5.92 Å². The Kier molecular flexibility index (Phi) is 14.5. The average molecular weight is 720 g/mol. The minimum Gasteiger partial charge on any atom is -0.497 e. The van der Waals surface area contributed by atoms with E-state index in [4.69, 9.17) is 9.47 Å². The summed E-state index contributed by atoms with van der Waals surface area (Å²) >= 11 is 0. The Morgan fingerprint density at radius 3 is 2.27 bits per heavy atom. The van der Waals surface area contributed by atoms with Gasteiger partial charge in [0.25, 0.3) is 5.91 Å². The summed E-state index contributed by atoms with van der Waals surface area (Å²) < 4.78 is 12.5. The Morgan fingerprint density at radius 2 is 1.62 bits per heavy atom. The fourth-order valence-electron chi connectivity index (χ4n) is 5.68. The fraction of sp³-hybridized carbons (Fsp3) is 0.500. The van der Waals surface area contributed by atoms with Gasteiger partial charge in [-0.2, -0.15) is 0 Å². The molecule has 1 aliphatic heterocycles. The Labute approximate surface area is 303 Å². The molecule has 0 spiro atoms. The highest BCUT2D eigenvalue weighted by Gasteiger charge is 2.32. The summed E-state index contributed by atoms with van der Waals surface area (Å²) in [5.74, 6) is -0.774. The van der Waals surface area contributed by atoms with Crippen LogP contribution in [0.1, 0.15) is 52.0 Å². The molecular formula is C36H49N9O7. The van der Waals surface area contributed by atoms with E-state index in [9.17, 15) is 24.0 Å². The number of nitrogens with zero attached hydrogens (tertiary/aromatic N) is 6. The van der Waals surface area contributed by atoms with Gasteiger partial charge < -0.3 is 35.2 Å². The summed E-state index contributed by atoms with van der Waals surface area (Å²) in [5, 5.41) is 19.7. The van der Waals surface area contributed by atoms with E-state index < -0.39 is 29.9 Å². The summed E-state index contributed by atoms with van der Waals surface area (Å²) in [6.45, 7) is 6.07. The van der Waals surface area contributed by atoms with E-state index in [1.54, 1.807) is 55.3 Å². The van der Waals surface area contributed by atoms with Crippen LogP contribution in [0.5, 0.6) is 11.5 Å². The summed E-state index contributed by atoms with van der Waals surface area (Å²) in [5.41, 5.74) is 1.50. The molecule has 3 atom stereocenters. The van der Waals surface area contributed by atoms with Crippen molar-refractivity contribution in [2.45, 2.75) is 71.0 Å². The zero-order valence-corrected chi connectivity index (χ0v) is 30.4. The van der Waals surface area contributed by atoms with Crippen molar-refractivity contribution in [1.82, 2.24) is 46.0 Å². The molecule has 0 aliphatic carbocycles. The van der Waals surface area contributed by atoms with Gasteiger partial charge in [0.1, 0.15) is 36.0 Å². The average Bonchev–Trinajstić information content (AvgIpc) is 3.68. The van der Waals surface area contributed by atoms with Gasteiger partial charge in [-0.25, -0.2) is 4.68 Å². The molecule has 52 heavy (non-hydrogen) atoms. The molecule has 280 valence electrons. The highest BCUT2D eigenvalue weighted by atomic mass is 16.5. The molecule has 1 aromatic heterocycles. The Hall–Kier alpha value is -5.54. The van der Waals surface area contributed by atoms with Crippen LogP contribution in [0.2, 0.25) is 0 Å². The fourth-order valence-corrected chi connectivity index (χ4v) is 5.68. The lowest BCUT2D eigenvalue weighted by Gasteiger charge is -2.30. The third-order valence-electron chi connectivity index (χ3n) is 8.78. The first-order valence-electron chi connectivity index (χ1n) is 17.5. The summed E-state index contributed by atoms with van der Waals surface area (Å²) in [6, 6.07) is 11.3. The van der Waals surface area contributed by atoms with Gasteiger partial charge in [0.05, 0.1) is 12.8 Å². The molecule has 0 radical (unpaired) electrons. The number of carbonyl (C=O) groups excluding carboxylic acids is 5. The van der Waals surface area contributed by atoms with E-state index in [1.807, 2.05) is 26.0 Å². The SMILES string of the molecule is COc1ccc(C[C@@H]2NC(=O)[C@@H](CC(C)C)NC(=O)CCCN(C(=O)COc3ccc(-n4cnnn4)cc3)CCCNC(=O)[C@H](C)N(C)C2=O)cc1. The van der Waals surface area contributed by atoms with Gasteiger partial charge >= 0.3 is 0 Å². The smallest absolute Gasteiger partial charge is 0.260 e. The largest absolute Gasteiger partial charge is 0.497 e. The number of hydrogen-bond acceptors (Lipinski definition) is 10. The van der Waals surface area contributed by atoms with E-state index in [-0.39, 0.29) is 56.2 Å². The standard InChI is InChI=1S/C36H49N9O7/c1-24(2)20-30-35(49)40-31(21-26-9-13-28(51-5)14-10-26)36(50)43(4)25(3)34(48)37-17-7-19-44(18-6-8-32(46)39-30)33(47)22-52-29-15-11-27(12-16-29)45-23-38-41-42-45/h9-16,23-25,30-31H,6-8,17-22H2,1-5H3,(H,37,48)(H,39,46)(H,40,49)/t25-,30+,31-/m0/s1. The molecule has 2 aromatic carbocycles. The summed E-state index contributed by atoms with van der Waals surface area (Å²) in [6.07, 6.45) is 2.80. The number of aromatic nitrogens is 4. The Balaban J connectivity index is 1.47. The van der Waals surface area contributed by atoms with Crippen LogP contribution < -0.4 is 25.4 Å². The number of nitrogens with one attached hydrogen (secondary N) is 3. The van der Waals surface area contributed by atoms with Gasteiger partial charge in [-0.15, -0.1) is 5.10 Å². The van der Waals surface area contributed by atoms with Crippen molar-refractivity contribution in [2.24, 2.45) is 5.92 Å². The van der Waals surface area contributed by atoms with Crippen molar-refractivity contribution < 1.29 is 33.4 Å². The van der Waals surface area contributed by atoms with Gasteiger partial charge in [-0.1, -0.05) is 26.0 Å². The van der Waals surface area contributed by atoms with E-state index in [2.05, 4.69) is 31.5 Å². The Morgan fingerprint density at radius 1 is 0.923 bits per heavy atom. The molecule has 16 heteroatoms. The molecule has 1 aliphatic rings. The van der Waals surface area contributed by atoms with Crippen LogP contribution in [0.25, 0.3) is 5.69 Å². The molecule has 4 rings (SSSR count). The third kappa shape index (κ3) is 11.5. The first-order valence-corrected chi connectivity index (χ1v) is 17.5. The molecule has 3 aromatic rings. The molecule has 0 saturated carbocycles. The lowest BCUT2D eigenvalue weighted by atomic mass is 10.00. The van der Waals surface area contributed by atoms with Crippen molar-refractivity contribution in [3.05, 3.63) is 60.4 Å². The summed E-state index contributed by atoms with van der Waals surface area (Å²) in [4.78, 5) is 70.2. The van der Waals surface area contributed by atoms with Gasteiger partial charge in [-0.3, -0.25) is 24.0 Å².